The van der Waals surface area contributed by atoms with E-state index in [1.165, 1.54) is 6.26 Å². The number of nitrogens with zero attached hydrogens (tertiary/aromatic N) is 1. The molecule has 2 aromatic carbocycles. The molecular weight excluding hydrogens is 336 g/mol. The van der Waals surface area contributed by atoms with E-state index in [0.29, 0.717) is 17.0 Å². The molecule has 0 aliphatic heterocycles. The minimum atomic E-state index is -0.593. The van der Waals surface area contributed by atoms with Crippen LogP contribution in [-0.2, 0) is 4.74 Å². The molecule has 3 rings (SSSR count). The number of nitrogens with one attached hydrogen (secondary N) is 1. The van der Waals surface area contributed by atoms with Crippen LogP contribution in [0.5, 0.6) is 5.75 Å². The molecule has 0 aliphatic rings. The monoisotopic (exact) mass is 352 g/mol. The van der Waals surface area contributed by atoms with E-state index >= 15 is 0 Å². The van der Waals surface area contributed by atoms with Gasteiger partial charge in [-0.2, -0.15) is 0 Å². The zero-order valence-corrected chi connectivity index (χ0v) is 14.0. The van der Waals surface area contributed by atoms with Crippen molar-refractivity contribution in [2.75, 3.05) is 11.9 Å². The van der Waals surface area contributed by atoms with E-state index in [-0.39, 0.29) is 18.2 Å². The SMILES string of the molecule is CCOC(=O)c1coc(-c2ccc(NC(=O)Oc3ccccc3)cc2)n1. The second-order valence-corrected chi connectivity index (χ2v) is 5.16. The van der Waals surface area contributed by atoms with E-state index in [0.717, 1.165) is 0 Å². The quantitative estimate of drug-likeness (QED) is 0.694. The lowest BCUT2D eigenvalue weighted by molar-refractivity contribution is 0.0519. The second-order valence-electron chi connectivity index (χ2n) is 5.16. The summed E-state index contributed by atoms with van der Waals surface area (Å²) >= 11 is 0. The van der Waals surface area contributed by atoms with Gasteiger partial charge in [0.2, 0.25) is 5.89 Å². The van der Waals surface area contributed by atoms with Crippen molar-refractivity contribution in [3.8, 4) is 17.2 Å². The number of hydrogen-bond donors (Lipinski definition) is 1. The van der Waals surface area contributed by atoms with Gasteiger partial charge in [-0.25, -0.2) is 14.6 Å². The van der Waals surface area contributed by atoms with Crippen LogP contribution in [0.15, 0.2) is 65.3 Å². The highest BCUT2D eigenvalue weighted by molar-refractivity contribution is 5.88. The molecular formula is C19H16N2O5. The Labute approximate surface area is 149 Å². The molecule has 0 unspecified atom stereocenters. The van der Waals surface area contributed by atoms with Crippen molar-refractivity contribution in [3.05, 3.63) is 66.6 Å². The topological polar surface area (TPSA) is 90.7 Å². The Morgan fingerprint density at radius 2 is 1.81 bits per heavy atom. The molecule has 1 heterocycles. The second kappa shape index (κ2) is 7.98. The van der Waals surface area contributed by atoms with Crippen LogP contribution in [0.1, 0.15) is 17.4 Å². The van der Waals surface area contributed by atoms with Gasteiger partial charge in [-0.05, 0) is 43.3 Å². The third kappa shape index (κ3) is 4.27. The van der Waals surface area contributed by atoms with Crippen LogP contribution >= 0.6 is 0 Å². The molecule has 0 saturated heterocycles. The van der Waals surface area contributed by atoms with Crippen molar-refractivity contribution in [2.24, 2.45) is 0 Å². The molecule has 26 heavy (non-hydrogen) atoms. The largest absolute Gasteiger partial charge is 0.461 e. The Kier molecular flexibility index (Phi) is 5.28. The summed E-state index contributed by atoms with van der Waals surface area (Å²) in [6.45, 7) is 1.98. The summed E-state index contributed by atoms with van der Waals surface area (Å²) in [7, 11) is 0. The molecule has 0 saturated carbocycles. The molecule has 7 heteroatoms. The van der Waals surface area contributed by atoms with Crippen LogP contribution in [0, 0.1) is 0 Å². The number of hydrogen-bond acceptors (Lipinski definition) is 6. The number of carbonyl (C=O) groups excluding carboxylic acids is 2. The highest BCUT2D eigenvalue weighted by atomic mass is 16.6. The maximum absolute atomic E-state index is 11.9. The van der Waals surface area contributed by atoms with Crippen LogP contribution in [0.25, 0.3) is 11.5 Å². The Morgan fingerprint density at radius 1 is 1.08 bits per heavy atom. The molecule has 3 aromatic rings. The highest BCUT2D eigenvalue weighted by Gasteiger charge is 2.14. The minimum Gasteiger partial charge on any atom is -0.461 e. The van der Waals surface area contributed by atoms with Crippen molar-refractivity contribution in [1.82, 2.24) is 4.98 Å². The molecule has 0 fully saturated rings. The van der Waals surface area contributed by atoms with E-state index < -0.39 is 12.1 Å². The van der Waals surface area contributed by atoms with Gasteiger partial charge in [0.15, 0.2) is 5.69 Å². The van der Waals surface area contributed by atoms with E-state index in [9.17, 15) is 9.59 Å². The number of oxazole rings is 1. The summed E-state index contributed by atoms with van der Waals surface area (Å²) in [5.41, 5.74) is 1.31. The first-order valence-electron chi connectivity index (χ1n) is 7.92. The molecule has 0 spiro atoms. The number of para-hydroxylation sites is 1. The molecule has 1 amide bonds. The van der Waals surface area contributed by atoms with Crippen LogP contribution < -0.4 is 10.1 Å². The summed E-state index contributed by atoms with van der Waals surface area (Å²) < 4.78 is 15.3. The van der Waals surface area contributed by atoms with Crippen molar-refractivity contribution < 1.29 is 23.5 Å². The van der Waals surface area contributed by atoms with Crippen LogP contribution in [0.3, 0.4) is 0 Å². The standard InChI is InChI=1S/C19H16N2O5/c1-2-24-18(22)16-12-25-17(21-16)13-8-10-14(11-9-13)20-19(23)26-15-6-4-3-5-7-15/h3-12H,2H2,1H3,(H,20,23). The lowest BCUT2D eigenvalue weighted by atomic mass is 10.2. The average Bonchev–Trinajstić information content (AvgIpc) is 3.13. The van der Waals surface area contributed by atoms with Gasteiger partial charge in [-0.3, -0.25) is 5.32 Å². The van der Waals surface area contributed by atoms with Crippen molar-refractivity contribution in [1.29, 1.82) is 0 Å². The van der Waals surface area contributed by atoms with Crippen LogP contribution in [0.2, 0.25) is 0 Å². The van der Waals surface area contributed by atoms with E-state index in [2.05, 4.69) is 10.3 Å². The minimum absolute atomic E-state index is 0.107. The Hall–Kier alpha value is -3.61. The molecule has 0 atom stereocenters. The fraction of sp³-hybridized carbons (Fsp3) is 0.105. The number of amides is 1. The highest BCUT2D eigenvalue weighted by Crippen LogP contribution is 2.21. The first-order chi connectivity index (χ1) is 12.7. The number of carbonyl (C=O) groups is 2. The third-order valence-electron chi connectivity index (χ3n) is 3.32. The first-order valence-corrected chi connectivity index (χ1v) is 7.92. The lowest BCUT2D eigenvalue weighted by Gasteiger charge is -2.06. The predicted octanol–water partition coefficient (Wildman–Crippen LogP) is 4.13. The van der Waals surface area contributed by atoms with Gasteiger partial charge in [0, 0.05) is 11.3 Å². The normalized spacial score (nSPS) is 10.2. The van der Waals surface area contributed by atoms with Gasteiger partial charge in [0.1, 0.15) is 12.0 Å². The van der Waals surface area contributed by atoms with Gasteiger partial charge in [0.25, 0.3) is 0 Å². The number of aromatic nitrogens is 1. The summed E-state index contributed by atoms with van der Waals surface area (Å²) in [6, 6.07) is 15.5. The Bertz CT molecular complexity index is 888. The Morgan fingerprint density at radius 3 is 2.50 bits per heavy atom. The number of ether oxygens (including phenoxy) is 2. The number of rotatable bonds is 5. The number of anilines is 1. The Balaban J connectivity index is 1.63. The lowest BCUT2D eigenvalue weighted by Crippen LogP contribution is -2.16. The molecule has 1 N–H and O–H groups in total. The number of benzene rings is 2. The van der Waals surface area contributed by atoms with E-state index in [4.69, 9.17) is 13.9 Å². The number of esters is 1. The van der Waals surface area contributed by atoms with Crippen molar-refractivity contribution >= 4 is 17.7 Å². The van der Waals surface area contributed by atoms with Gasteiger partial charge in [-0.1, -0.05) is 18.2 Å². The van der Waals surface area contributed by atoms with Crippen molar-refractivity contribution in [2.45, 2.75) is 6.92 Å². The maximum atomic E-state index is 11.9. The molecule has 0 bridgehead atoms. The summed E-state index contributed by atoms with van der Waals surface area (Å²) in [6.07, 6.45) is 0.654. The summed E-state index contributed by atoms with van der Waals surface area (Å²) in [5, 5.41) is 2.62. The van der Waals surface area contributed by atoms with Crippen LogP contribution in [-0.4, -0.2) is 23.7 Å². The first kappa shape index (κ1) is 17.2. The summed E-state index contributed by atoms with van der Waals surface area (Å²) in [4.78, 5) is 27.6. The predicted molar refractivity (Wildman–Crippen MR) is 94.0 cm³/mol. The van der Waals surface area contributed by atoms with E-state index in [1.54, 1.807) is 55.5 Å². The van der Waals surface area contributed by atoms with Gasteiger partial charge in [-0.15, -0.1) is 0 Å². The fourth-order valence-electron chi connectivity index (χ4n) is 2.14. The molecule has 7 nitrogen and oxygen atoms in total. The molecule has 1 aromatic heterocycles. The molecule has 132 valence electrons. The maximum Gasteiger partial charge on any atom is 0.417 e. The van der Waals surface area contributed by atoms with Gasteiger partial charge in [0.05, 0.1) is 6.61 Å². The molecule has 0 radical (unpaired) electrons. The smallest absolute Gasteiger partial charge is 0.417 e. The van der Waals surface area contributed by atoms with Crippen LogP contribution in [0.4, 0.5) is 10.5 Å². The van der Waals surface area contributed by atoms with E-state index in [1.807, 2.05) is 6.07 Å². The molecule has 0 aliphatic carbocycles. The average molecular weight is 352 g/mol. The fourth-order valence-corrected chi connectivity index (χ4v) is 2.14. The zero-order valence-electron chi connectivity index (χ0n) is 14.0. The van der Waals surface area contributed by atoms with Gasteiger partial charge >= 0.3 is 12.1 Å². The zero-order chi connectivity index (χ0) is 18.4. The summed E-state index contributed by atoms with van der Waals surface area (Å²) in [5.74, 6) is 0.198. The van der Waals surface area contributed by atoms with Gasteiger partial charge < -0.3 is 13.9 Å². The van der Waals surface area contributed by atoms with Crippen molar-refractivity contribution in [3.63, 3.8) is 0 Å². The third-order valence-corrected chi connectivity index (χ3v) is 3.32.